The minimum atomic E-state index is -3.31. The lowest BCUT2D eigenvalue weighted by Crippen LogP contribution is -2.06. The molecule has 0 saturated carbocycles. The van der Waals surface area contributed by atoms with Gasteiger partial charge in [-0.25, -0.2) is 4.98 Å². The Hall–Kier alpha value is -0.640. The number of nitrogens with zero attached hydrogens (tertiary/aromatic N) is 2. The molecule has 11 heavy (non-hydrogen) atoms. The van der Waals surface area contributed by atoms with Crippen molar-refractivity contribution in [2.75, 3.05) is 0 Å². The van der Waals surface area contributed by atoms with Gasteiger partial charge in [0.2, 0.25) is 5.88 Å². The van der Waals surface area contributed by atoms with Gasteiger partial charge in [0, 0.05) is 8.22 Å². The molecule has 0 saturated heterocycles. The summed E-state index contributed by atoms with van der Waals surface area (Å²) in [6, 6.07) is 0. The Morgan fingerprint density at radius 2 is 2.64 bits per heavy atom. The van der Waals surface area contributed by atoms with Crippen LogP contribution in [0, 0.1) is 0 Å². The normalized spacial score (nSPS) is 25.4. The third kappa shape index (κ3) is 2.84. The third-order valence-electron chi connectivity index (χ3n) is 0.698. The molecule has 3 nitrogen and oxygen atoms in total. The molecule has 0 fully saturated rings. The highest BCUT2D eigenvalue weighted by atomic mass is 79.9. The summed E-state index contributed by atoms with van der Waals surface area (Å²) in [7, 11) is 0. The fourth-order valence-corrected chi connectivity index (χ4v) is 0.653. The van der Waals surface area contributed by atoms with Crippen LogP contribution in [0.2, 0.25) is 0 Å². The van der Waals surface area contributed by atoms with Crippen LogP contribution in [0.1, 0.15) is 26.0 Å². The molecule has 0 aliphatic heterocycles. The van der Waals surface area contributed by atoms with Crippen LogP contribution in [0.25, 0.3) is 0 Å². The van der Waals surface area contributed by atoms with Crippen molar-refractivity contribution in [1.82, 2.24) is 9.97 Å². The van der Waals surface area contributed by atoms with E-state index in [9.17, 15) is 0 Å². The second-order valence-electron chi connectivity index (χ2n) is 1.47. The molecule has 1 rings (SSSR count). The van der Waals surface area contributed by atoms with Gasteiger partial charge in [0.1, 0.15) is 4.60 Å². The summed E-state index contributed by atoms with van der Waals surface area (Å²) in [5, 5.41) is 0. The summed E-state index contributed by atoms with van der Waals surface area (Å²) in [6.07, 6.45) is -4.43. The molecule has 60 valence electrons. The quantitative estimate of drug-likeness (QED) is 0.773. The van der Waals surface area contributed by atoms with E-state index in [1.807, 2.05) is 0 Å². The van der Waals surface area contributed by atoms with E-state index in [0.717, 1.165) is 0 Å². The fourth-order valence-electron chi connectivity index (χ4n) is 0.403. The van der Waals surface area contributed by atoms with Crippen LogP contribution < -0.4 is 4.74 Å². The zero-order valence-electron chi connectivity index (χ0n) is 14.2. The van der Waals surface area contributed by atoms with Crippen molar-refractivity contribution in [3.8, 4) is 5.88 Å². The molecule has 1 aromatic rings. The number of hydrogen-bond acceptors (Lipinski definition) is 3. The van der Waals surface area contributed by atoms with Crippen LogP contribution in [-0.4, -0.2) is 16.0 Å². The van der Waals surface area contributed by atoms with Crippen molar-refractivity contribution in [2.24, 2.45) is 0 Å². The monoisotopic (exact) mass is 225 g/mol. The Morgan fingerprint density at radius 1 is 1.82 bits per heavy atom. The molecule has 0 N–H and O–H groups in total. The van der Waals surface area contributed by atoms with Gasteiger partial charge in [0.15, 0.2) is 0 Å². The molecule has 1 heterocycles. The van der Waals surface area contributed by atoms with E-state index >= 15 is 0 Å². The highest BCUT2D eigenvalue weighted by Gasteiger charge is 1.98. The van der Waals surface area contributed by atoms with E-state index in [1.54, 1.807) is 0 Å². The molecule has 0 amide bonds. The lowest BCUT2D eigenvalue weighted by molar-refractivity contribution is 0.231. The highest BCUT2D eigenvalue weighted by molar-refractivity contribution is 9.10. The van der Waals surface area contributed by atoms with Crippen molar-refractivity contribution in [3.05, 3.63) is 16.9 Å². The van der Waals surface area contributed by atoms with Gasteiger partial charge in [-0.1, -0.05) is 0 Å². The van der Waals surface area contributed by atoms with Gasteiger partial charge in [-0.2, -0.15) is 0 Å². The highest BCUT2D eigenvalue weighted by Crippen LogP contribution is 2.10. The minimum absolute atomic E-state index is 0.165. The summed E-state index contributed by atoms with van der Waals surface area (Å²) in [6.45, 7) is -6.61. The number of ether oxygens (including phenoxy) is 1. The van der Waals surface area contributed by atoms with Crippen molar-refractivity contribution < 1.29 is 17.1 Å². The molecule has 0 unspecified atom stereocenters. The molecule has 0 bridgehead atoms. The number of aromatic nitrogens is 2. The van der Waals surface area contributed by atoms with Crippen molar-refractivity contribution >= 4 is 15.9 Å². The number of rotatable bonds is 2. The van der Waals surface area contributed by atoms with Gasteiger partial charge < -0.3 is 4.74 Å². The molecule has 0 aliphatic carbocycles. The molecular weight excluding hydrogens is 208 g/mol. The van der Waals surface area contributed by atoms with E-state index in [2.05, 4.69) is 30.6 Å². The molecule has 4 heteroatoms. The standard InChI is InChI=1S/C7H9BrN2O/c1-5(2)11-7-4-9-3-6(8)10-7/h3-5H,1-2H3/i1D3,2D3,3D,4D,5D. The van der Waals surface area contributed by atoms with Gasteiger partial charge in [-0.05, 0) is 29.6 Å². The third-order valence-corrected chi connectivity index (χ3v) is 1.05. The second-order valence-corrected chi connectivity index (χ2v) is 2.23. The summed E-state index contributed by atoms with van der Waals surface area (Å²) in [5.41, 5.74) is 0. The van der Waals surface area contributed by atoms with Gasteiger partial charge >= 0.3 is 0 Å². The molecule has 0 aliphatic rings. The SMILES string of the molecule is [2H]c1nc([2H])c(OC([2H])(C([2H])([2H])[2H])C([2H])([2H])[2H])nc1Br. The van der Waals surface area contributed by atoms with Gasteiger partial charge in [0.25, 0.3) is 0 Å². The van der Waals surface area contributed by atoms with E-state index in [4.69, 9.17) is 12.3 Å². The van der Waals surface area contributed by atoms with Crippen LogP contribution in [0.15, 0.2) is 16.9 Å². The first kappa shape index (κ1) is 2.42. The Morgan fingerprint density at radius 3 is 3.36 bits per heavy atom. The van der Waals surface area contributed by atoms with Crippen LogP contribution in [0.5, 0.6) is 5.88 Å². The first-order valence-electron chi connectivity index (χ1n) is 6.99. The molecular formula is C7H9BrN2O. The summed E-state index contributed by atoms with van der Waals surface area (Å²) in [4.78, 5) is 6.89. The largest absolute Gasteiger partial charge is 0.474 e. The lowest BCUT2D eigenvalue weighted by Gasteiger charge is -2.06. The lowest BCUT2D eigenvalue weighted by atomic mass is 10.5. The van der Waals surface area contributed by atoms with Crippen molar-refractivity contribution in [2.45, 2.75) is 19.8 Å². The second kappa shape index (κ2) is 3.67. The molecule has 1 aromatic heterocycles. The molecule has 0 radical (unpaired) electrons. The maximum absolute atomic E-state index is 7.62. The van der Waals surface area contributed by atoms with Crippen molar-refractivity contribution in [1.29, 1.82) is 0 Å². The Kier molecular flexibility index (Phi) is 0.807. The smallest absolute Gasteiger partial charge is 0.233 e. The maximum atomic E-state index is 7.62. The average Bonchev–Trinajstić information content (AvgIpc) is 2.22. The van der Waals surface area contributed by atoms with E-state index in [-0.39, 0.29) is 4.60 Å². The molecule has 0 aromatic carbocycles. The maximum Gasteiger partial charge on any atom is 0.233 e. The number of halogens is 1. The predicted octanol–water partition coefficient (Wildman–Crippen LogP) is 2.03. The average molecular weight is 226 g/mol. The van der Waals surface area contributed by atoms with E-state index < -0.39 is 38.0 Å². The Bertz CT molecular complexity index is 500. The zero-order valence-corrected chi connectivity index (χ0v) is 6.77. The first-order valence-corrected chi connectivity index (χ1v) is 3.28. The van der Waals surface area contributed by atoms with Crippen LogP contribution in [-0.2, 0) is 0 Å². The predicted molar refractivity (Wildman–Crippen MR) is 45.5 cm³/mol. The van der Waals surface area contributed by atoms with E-state index in [1.165, 1.54) is 0 Å². The van der Waals surface area contributed by atoms with Crippen LogP contribution in [0.4, 0.5) is 0 Å². The Labute approximate surface area is 86.6 Å². The number of hydrogen-bond donors (Lipinski definition) is 0. The summed E-state index contributed by atoms with van der Waals surface area (Å²) >= 11 is 2.82. The topological polar surface area (TPSA) is 35.0 Å². The van der Waals surface area contributed by atoms with Gasteiger partial charge in [-0.15, -0.1) is 0 Å². The van der Waals surface area contributed by atoms with Crippen LogP contribution in [0.3, 0.4) is 0 Å². The summed E-state index contributed by atoms with van der Waals surface area (Å²) < 4.78 is 69.8. The zero-order chi connectivity index (χ0) is 15.9. The first-order chi connectivity index (χ1) is 8.79. The van der Waals surface area contributed by atoms with Gasteiger partial charge in [0.05, 0.1) is 22.5 Å². The minimum Gasteiger partial charge on any atom is -0.474 e. The van der Waals surface area contributed by atoms with Gasteiger partial charge in [-0.3, -0.25) is 4.98 Å². The summed E-state index contributed by atoms with van der Waals surface area (Å²) in [5.74, 6) is -0.755. The molecule has 0 atom stereocenters. The van der Waals surface area contributed by atoms with Crippen molar-refractivity contribution in [3.63, 3.8) is 0 Å². The fraction of sp³-hybridized carbons (Fsp3) is 0.429. The van der Waals surface area contributed by atoms with E-state index in [0.29, 0.717) is 0 Å². The Balaban J connectivity index is 3.33. The van der Waals surface area contributed by atoms with Crippen LogP contribution >= 0.6 is 15.9 Å². The molecule has 0 spiro atoms.